The first-order valence-corrected chi connectivity index (χ1v) is 6.01. The van der Waals surface area contributed by atoms with Crippen molar-refractivity contribution in [2.45, 2.75) is 26.3 Å². The third kappa shape index (κ3) is 3.19. The zero-order valence-corrected chi connectivity index (χ0v) is 11.2. The van der Waals surface area contributed by atoms with Crippen LogP contribution in [0.2, 0.25) is 0 Å². The number of aromatic amines is 1. The average Bonchev–Trinajstić information content (AvgIpc) is 2.84. The Balaban J connectivity index is 2.08. The minimum Gasteiger partial charge on any atom is -0.363 e. The number of nitrogens with one attached hydrogen (secondary N) is 2. The Morgan fingerprint density at radius 2 is 2.25 bits per heavy atom. The van der Waals surface area contributed by atoms with E-state index in [4.69, 9.17) is 16.0 Å². The topological polar surface area (TPSA) is 147 Å². The summed E-state index contributed by atoms with van der Waals surface area (Å²) in [5.41, 5.74) is 11.6. The van der Waals surface area contributed by atoms with Gasteiger partial charge in [-0.05, 0) is 0 Å². The number of nitrogen functional groups attached to an aromatic ring is 1. The Morgan fingerprint density at radius 3 is 2.85 bits per heavy atom. The lowest BCUT2D eigenvalue weighted by atomic mass is 10.1. The number of nitrogens with two attached hydrogens (primary N) is 2. The molecule has 0 saturated carbocycles. The second-order valence-electron chi connectivity index (χ2n) is 4.49. The summed E-state index contributed by atoms with van der Waals surface area (Å²) in [6.45, 7) is 4.27. The highest BCUT2D eigenvalue weighted by Gasteiger charge is 2.14. The summed E-state index contributed by atoms with van der Waals surface area (Å²) < 4.78 is 4.87. The van der Waals surface area contributed by atoms with Crippen molar-refractivity contribution in [3.05, 3.63) is 23.5 Å². The van der Waals surface area contributed by atoms with Crippen LogP contribution in [0.1, 0.15) is 42.0 Å². The van der Waals surface area contributed by atoms with E-state index < -0.39 is 5.91 Å². The van der Waals surface area contributed by atoms with E-state index in [0.717, 1.165) is 5.69 Å². The molecule has 9 heteroatoms. The first-order chi connectivity index (χ1) is 9.45. The third-order valence-corrected chi connectivity index (χ3v) is 2.51. The lowest BCUT2D eigenvalue weighted by molar-refractivity contribution is -0.347. The van der Waals surface area contributed by atoms with E-state index >= 15 is 0 Å². The summed E-state index contributed by atoms with van der Waals surface area (Å²) in [5, 5.41) is 6.47. The van der Waals surface area contributed by atoms with Crippen LogP contribution in [0.5, 0.6) is 0 Å². The van der Waals surface area contributed by atoms with Crippen LogP contribution in [0.25, 0.3) is 0 Å². The van der Waals surface area contributed by atoms with Crippen LogP contribution in [0.3, 0.4) is 0 Å². The zero-order chi connectivity index (χ0) is 14.7. The molecule has 2 rings (SSSR count). The molecule has 0 aliphatic rings. The number of hydrogen-bond donors (Lipinski definition) is 3. The fraction of sp³-hybridized carbons (Fsp3) is 0.364. The van der Waals surface area contributed by atoms with E-state index in [1.54, 1.807) is 0 Å². The molecule has 2 heterocycles. The molecule has 0 radical (unpaired) electrons. The van der Waals surface area contributed by atoms with Crippen molar-refractivity contribution >= 4 is 17.7 Å². The van der Waals surface area contributed by atoms with Crippen molar-refractivity contribution in [3.63, 3.8) is 0 Å². The molecule has 0 unspecified atom stereocenters. The van der Waals surface area contributed by atoms with Crippen LogP contribution in [0.4, 0.5) is 11.8 Å². The summed E-state index contributed by atoms with van der Waals surface area (Å²) in [4.78, 5) is 21.7. The minimum absolute atomic E-state index is 0.150. The standard InChI is InChI=1S/C11H15N7O2/c1-5(2)6-3-7(16-11(13)15-6)14-4-8-17-10(9(12)19)18-20-8/h3,5H,4H2,1-2H3,(H2,12,19)(H3,13,14,15,16)/p+1. The summed E-state index contributed by atoms with van der Waals surface area (Å²) in [6, 6.07) is 1.84. The van der Waals surface area contributed by atoms with Crippen molar-refractivity contribution in [2.24, 2.45) is 5.73 Å². The molecule has 0 saturated heterocycles. The highest BCUT2D eigenvalue weighted by atomic mass is 16.5. The summed E-state index contributed by atoms with van der Waals surface area (Å²) >= 11 is 0. The fourth-order valence-electron chi connectivity index (χ4n) is 1.51. The van der Waals surface area contributed by atoms with E-state index in [1.165, 1.54) is 0 Å². The monoisotopic (exact) mass is 278 g/mol. The Kier molecular flexibility index (Phi) is 3.78. The number of primary amides is 1. The van der Waals surface area contributed by atoms with Gasteiger partial charge in [0.1, 0.15) is 12.2 Å². The van der Waals surface area contributed by atoms with Gasteiger partial charge in [0.25, 0.3) is 17.6 Å². The molecule has 0 bridgehead atoms. The molecule has 9 nitrogen and oxygen atoms in total. The molecule has 106 valence electrons. The lowest BCUT2D eigenvalue weighted by Crippen LogP contribution is -2.20. The molecule has 2 aromatic heterocycles. The Labute approximate surface area is 114 Å². The van der Waals surface area contributed by atoms with Crippen molar-refractivity contribution in [1.29, 1.82) is 0 Å². The number of rotatable bonds is 5. The number of carbonyl (C=O) groups is 1. The van der Waals surface area contributed by atoms with Gasteiger partial charge in [-0.25, -0.2) is 4.98 Å². The SMILES string of the molecule is CC(C)c1cc(NCc2nc(C(N)=O)no2)[nH+]c(N)n1. The van der Waals surface area contributed by atoms with E-state index in [-0.39, 0.29) is 24.2 Å². The molecule has 0 aliphatic carbocycles. The molecule has 0 aliphatic heterocycles. The van der Waals surface area contributed by atoms with Crippen molar-refractivity contribution in [2.75, 3.05) is 11.1 Å². The van der Waals surface area contributed by atoms with E-state index in [1.807, 2.05) is 19.9 Å². The molecule has 20 heavy (non-hydrogen) atoms. The number of hydrogen-bond acceptors (Lipinski definition) is 7. The van der Waals surface area contributed by atoms with Crippen molar-refractivity contribution in [3.8, 4) is 0 Å². The van der Waals surface area contributed by atoms with Gasteiger partial charge < -0.3 is 21.3 Å². The highest BCUT2D eigenvalue weighted by molar-refractivity contribution is 5.88. The highest BCUT2D eigenvalue weighted by Crippen LogP contribution is 2.14. The molecule has 0 fully saturated rings. The van der Waals surface area contributed by atoms with Gasteiger partial charge in [0.2, 0.25) is 0 Å². The molecule has 0 spiro atoms. The van der Waals surface area contributed by atoms with Crippen LogP contribution in [-0.4, -0.2) is 21.0 Å². The Bertz CT molecular complexity index is 623. The largest absolute Gasteiger partial charge is 0.363 e. The predicted octanol–water partition coefficient (Wildman–Crippen LogP) is -0.305. The number of aromatic nitrogens is 4. The van der Waals surface area contributed by atoms with Crippen LogP contribution >= 0.6 is 0 Å². The zero-order valence-electron chi connectivity index (χ0n) is 11.2. The maximum atomic E-state index is 10.8. The first-order valence-electron chi connectivity index (χ1n) is 6.01. The molecule has 6 N–H and O–H groups in total. The van der Waals surface area contributed by atoms with Gasteiger partial charge in [-0.3, -0.25) is 4.79 Å². The maximum Gasteiger partial charge on any atom is 0.342 e. The third-order valence-electron chi connectivity index (χ3n) is 2.51. The summed E-state index contributed by atoms with van der Waals surface area (Å²) in [5.74, 6) is 0.581. The van der Waals surface area contributed by atoms with Crippen LogP contribution in [0, 0.1) is 0 Å². The molecule has 1 amide bonds. The average molecular weight is 278 g/mol. The van der Waals surface area contributed by atoms with E-state index in [9.17, 15) is 4.79 Å². The van der Waals surface area contributed by atoms with E-state index in [2.05, 4.69) is 25.4 Å². The number of nitrogens with zero attached hydrogens (tertiary/aromatic N) is 3. The van der Waals surface area contributed by atoms with Crippen LogP contribution < -0.4 is 21.8 Å². The van der Waals surface area contributed by atoms with Gasteiger partial charge in [0, 0.05) is 12.0 Å². The number of H-pyrrole nitrogens is 1. The number of anilines is 2. The van der Waals surface area contributed by atoms with Crippen LogP contribution in [0.15, 0.2) is 10.6 Å². The van der Waals surface area contributed by atoms with E-state index in [0.29, 0.717) is 11.8 Å². The van der Waals surface area contributed by atoms with Gasteiger partial charge >= 0.3 is 5.95 Å². The van der Waals surface area contributed by atoms with Crippen LogP contribution in [-0.2, 0) is 6.54 Å². The van der Waals surface area contributed by atoms with Gasteiger partial charge in [-0.15, -0.1) is 4.98 Å². The fourth-order valence-corrected chi connectivity index (χ4v) is 1.51. The Morgan fingerprint density at radius 1 is 1.50 bits per heavy atom. The lowest BCUT2D eigenvalue weighted by Gasteiger charge is -2.04. The minimum atomic E-state index is -0.734. The van der Waals surface area contributed by atoms with Crippen molar-refractivity contribution in [1.82, 2.24) is 15.1 Å². The van der Waals surface area contributed by atoms with Gasteiger partial charge in [-0.1, -0.05) is 19.0 Å². The number of amides is 1. The van der Waals surface area contributed by atoms with Gasteiger partial charge in [-0.2, -0.15) is 4.98 Å². The predicted molar refractivity (Wildman–Crippen MR) is 69.4 cm³/mol. The number of carbonyl (C=O) groups excluding carboxylic acids is 1. The molecule has 0 aromatic carbocycles. The van der Waals surface area contributed by atoms with Gasteiger partial charge in [0.15, 0.2) is 5.82 Å². The van der Waals surface area contributed by atoms with Gasteiger partial charge in [0.05, 0.1) is 0 Å². The summed E-state index contributed by atoms with van der Waals surface area (Å²) in [7, 11) is 0. The normalized spacial score (nSPS) is 10.8. The first kappa shape index (κ1) is 13.7. The molecular formula is C11H16N7O2+. The quantitative estimate of drug-likeness (QED) is 0.679. The second-order valence-corrected chi connectivity index (χ2v) is 4.49. The van der Waals surface area contributed by atoms with Crippen molar-refractivity contribution < 1.29 is 14.3 Å². The molecule has 2 aromatic rings. The summed E-state index contributed by atoms with van der Waals surface area (Å²) in [6.07, 6.45) is 0. The molecule has 0 atom stereocenters. The Hall–Kier alpha value is -2.71. The maximum absolute atomic E-state index is 10.8. The second kappa shape index (κ2) is 5.51. The molecular weight excluding hydrogens is 262 g/mol. The smallest absolute Gasteiger partial charge is 0.342 e.